The van der Waals surface area contributed by atoms with Crippen molar-refractivity contribution in [2.24, 2.45) is 5.92 Å². The topological polar surface area (TPSA) is 101 Å². The quantitative estimate of drug-likeness (QED) is 0.296. The highest BCUT2D eigenvalue weighted by Crippen LogP contribution is 2.40. The minimum Gasteiger partial charge on any atom is -0.369 e. The first-order chi connectivity index (χ1) is 19.3. The van der Waals surface area contributed by atoms with Crippen LogP contribution in [0, 0.1) is 5.92 Å². The molecule has 2 bridgehead atoms. The molecule has 1 amide bonds. The molecule has 4 heterocycles. The number of hydrogen-bond acceptors (Lipinski definition) is 6. The molecule has 2 N–H and O–H groups in total. The van der Waals surface area contributed by atoms with Gasteiger partial charge >= 0.3 is 0 Å². The van der Waals surface area contributed by atoms with Crippen LogP contribution in [0.3, 0.4) is 0 Å². The zero-order valence-corrected chi connectivity index (χ0v) is 24.6. The van der Waals surface area contributed by atoms with Crippen molar-refractivity contribution in [2.45, 2.75) is 30.3 Å². The normalized spacial score (nSPS) is 18.2. The fourth-order valence-electron chi connectivity index (χ4n) is 5.63. The van der Waals surface area contributed by atoms with E-state index in [0.717, 1.165) is 21.5 Å². The van der Waals surface area contributed by atoms with Gasteiger partial charge in [0, 0.05) is 52.2 Å². The van der Waals surface area contributed by atoms with Crippen molar-refractivity contribution in [1.29, 1.82) is 0 Å². The van der Waals surface area contributed by atoms with Gasteiger partial charge in [0.2, 0.25) is 0 Å². The minimum absolute atomic E-state index is 0.0153. The van der Waals surface area contributed by atoms with Gasteiger partial charge in [-0.15, -0.1) is 11.3 Å². The van der Waals surface area contributed by atoms with Crippen molar-refractivity contribution in [3.63, 3.8) is 0 Å². The van der Waals surface area contributed by atoms with Gasteiger partial charge in [0.05, 0.1) is 22.8 Å². The van der Waals surface area contributed by atoms with E-state index < -0.39 is 10.0 Å². The maximum absolute atomic E-state index is 13.4. The maximum atomic E-state index is 13.4. The maximum Gasteiger partial charge on any atom is 0.261 e. The molecule has 1 fully saturated rings. The van der Waals surface area contributed by atoms with E-state index in [-0.39, 0.29) is 28.2 Å². The summed E-state index contributed by atoms with van der Waals surface area (Å²) in [5.41, 5.74) is 2.44. The average molecular weight is 640 g/mol. The SMILES string of the molecule is O=C(NCc1cccs1)c1ccc(N2C[C@H]3C[C@@H](C2)c2cccc(=O)n2C3)c(NS(=O)(=O)c2ccc(Br)cc2)c1. The number of carbonyl (C=O) groups is 1. The molecular weight excluding hydrogens is 612 g/mol. The Kier molecular flexibility index (Phi) is 7.28. The zero-order valence-electron chi connectivity index (χ0n) is 21.4. The molecule has 6 rings (SSSR count). The number of fused-ring (bicyclic) bond motifs is 4. The van der Waals surface area contributed by atoms with E-state index in [1.54, 1.807) is 47.7 Å². The number of piperidine rings is 1. The van der Waals surface area contributed by atoms with E-state index in [9.17, 15) is 18.0 Å². The van der Waals surface area contributed by atoms with Crippen LogP contribution in [0.4, 0.5) is 11.4 Å². The summed E-state index contributed by atoms with van der Waals surface area (Å²) in [5.74, 6) is 0.106. The molecule has 0 radical (unpaired) electrons. The fraction of sp³-hybridized carbons (Fsp3) is 0.241. The van der Waals surface area contributed by atoms with E-state index in [4.69, 9.17) is 0 Å². The number of thiophene rings is 1. The number of sulfonamides is 1. The van der Waals surface area contributed by atoms with Crippen molar-refractivity contribution >= 4 is 54.6 Å². The molecule has 2 aromatic heterocycles. The van der Waals surface area contributed by atoms with Gasteiger partial charge in [-0.05, 0) is 72.3 Å². The summed E-state index contributed by atoms with van der Waals surface area (Å²) < 4.78 is 32.3. The number of amides is 1. The number of anilines is 2. The fourth-order valence-corrected chi connectivity index (χ4v) is 7.60. The van der Waals surface area contributed by atoms with Crippen LogP contribution in [-0.4, -0.2) is 32.0 Å². The average Bonchev–Trinajstić information content (AvgIpc) is 3.46. The van der Waals surface area contributed by atoms with Crippen LogP contribution in [0.15, 0.2) is 92.3 Å². The number of pyridine rings is 1. The van der Waals surface area contributed by atoms with Crippen molar-refractivity contribution < 1.29 is 13.2 Å². The minimum atomic E-state index is -3.93. The molecule has 2 atom stereocenters. The van der Waals surface area contributed by atoms with Gasteiger partial charge in [0.1, 0.15) is 0 Å². The zero-order chi connectivity index (χ0) is 27.9. The molecule has 1 saturated heterocycles. The Bertz CT molecular complexity index is 1720. The van der Waals surface area contributed by atoms with Gasteiger partial charge in [0.25, 0.3) is 21.5 Å². The summed E-state index contributed by atoms with van der Waals surface area (Å²) in [6.45, 7) is 2.34. The third-order valence-electron chi connectivity index (χ3n) is 7.45. The Morgan fingerprint density at radius 1 is 1.00 bits per heavy atom. The van der Waals surface area contributed by atoms with E-state index in [0.29, 0.717) is 43.1 Å². The van der Waals surface area contributed by atoms with Gasteiger partial charge in [0.15, 0.2) is 0 Å². The number of carbonyl (C=O) groups excluding carboxylic acids is 1. The van der Waals surface area contributed by atoms with Crippen LogP contribution in [0.25, 0.3) is 0 Å². The first-order valence-electron chi connectivity index (χ1n) is 12.9. The van der Waals surface area contributed by atoms with Crippen molar-refractivity contribution in [2.75, 3.05) is 22.7 Å². The van der Waals surface area contributed by atoms with E-state index in [1.165, 1.54) is 12.1 Å². The van der Waals surface area contributed by atoms with Crippen LogP contribution < -0.4 is 20.5 Å². The van der Waals surface area contributed by atoms with Crippen molar-refractivity contribution in [3.05, 3.63) is 109 Å². The number of benzene rings is 2. The van der Waals surface area contributed by atoms with Gasteiger partial charge in [-0.25, -0.2) is 8.42 Å². The second kappa shape index (κ2) is 10.9. The van der Waals surface area contributed by atoms with E-state index in [2.05, 4.69) is 30.9 Å². The Morgan fingerprint density at radius 2 is 1.82 bits per heavy atom. The van der Waals surface area contributed by atoms with Gasteiger partial charge in [-0.3, -0.25) is 14.3 Å². The molecule has 2 aliphatic heterocycles. The number of halogens is 1. The second-order valence-corrected chi connectivity index (χ2v) is 13.8. The highest BCUT2D eigenvalue weighted by molar-refractivity contribution is 9.10. The van der Waals surface area contributed by atoms with Crippen LogP contribution >= 0.6 is 27.3 Å². The van der Waals surface area contributed by atoms with Gasteiger partial charge in [-0.1, -0.05) is 28.1 Å². The second-order valence-electron chi connectivity index (χ2n) is 10.2. The molecule has 0 unspecified atom stereocenters. The predicted molar refractivity (Wildman–Crippen MR) is 161 cm³/mol. The number of nitrogens with zero attached hydrogens (tertiary/aromatic N) is 2. The summed E-state index contributed by atoms with van der Waals surface area (Å²) in [6.07, 6.45) is 0.975. The standard InChI is InChI=1S/C29H27BrN4O4S2/c30-22-7-9-24(10-8-22)40(37,38)32-25-14-20(29(36)31-15-23-3-2-12-39-23)6-11-27(25)33-16-19-13-21(18-33)26-4-1-5-28(35)34(26)17-19/h1-12,14,19,21,32H,13,15-18H2,(H,31,36)/t19-,21+/m1/s1. The van der Waals surface area contributed by atoms with E-state index >= 15 is 0 Å². The molecule has 40 heavy (non-hydrogen) atoms. The summed E-state index contributed by atoms with van der Waals surface area (Å²) in [6, 6.07) is 20.9. The summed E-state index contributed by atoms with van der Waals surface area (Å²) in [7, 11) is -3.93. The first kappa shape index (κ1) is 26.8. The molecule has 0 aliphatic carbocycles. The lowest BCUT2D eigenvalue weighted by molar-refractivity contribution is 0.0951. The Morgan fingerprint density at radius 3 is 2.60 bits per heavy atom. The van der Waals surface area contributed by atoms with E-state index in [1.807, 2.05) is 34.2 Å². The van der Waals surface area contributed by atoms with Crippen LogP contribution in [0.1, 0.15) is 33.3 Å². The lowest BCUT2D eigenvalue weighted by atomic mass is 9.83. The highest BCUT2D eigenvalue weighted by Gasteiger charge is 2.35. The lowest BCUT2D eigenvalue weighted by Gasteiger charge is -2.44. The molecule has 206 valence electrons. The first-order valence-corrected chi connectivity index (χ1v) is 16.1. The number of hydrogen-bond donors (Lipinski definition) is 2. The molecule has 11 heteroatoms. The van der Waals surface area contributed by atoms with Crippen molar-refractivity contribution in [1.82, 2.24) is 9.88 Å². The van der Waals surface area contributed by atoms with Crippen LogP contribution in [0.2, 0.25) is 0 Å². The van der Waals surface area contributed by atoms with Crippen molar-refractivity contribution in [3.8, 4) is 0 Å². The number of rotatable bonds is 7. The molecule has 2 aliphatic rings. The Labute approximate surface area is 244 Å². The van der Waals surface area contributed by atoms with Gasteiger partial charge < -0.3 is 14.8 Å². The summed E-state index contributed by atoms with van der Waals surface area (Å²) in [4.78, 5) is 28.8. The highest BCUT2D eigenvalue weighted by atomic mass is 79.9. The molecule has 0 saturated carbocycles. The molecule has 2 aromatic carbocycles. The molecular formula is C29H27BrN4O4S2. The third-order valence-corrected chi connectivity index (χ3v) is 10.2. The monoisotopic (exact) mass is 638 g/mol. The summed E-state index contributed by atoms with van der Waals surface area (Å²) in [5, 5.41) is 4.87. The van der Waals surface area contributed by atoms with Crippen LogP contribution in [0.5, 0.6) is 0 Å². The largest absolute Gasteiger partial charge is 0.369 e. The van der Waals surface area contributed by atoms with Gasteiger partial charge in [-0.2, -0.15) is 0 Å². The Hall–Kier alpha value is -3.41. The smallest absolute Gasteiger partial charge is 0.261 e. The number of nitrogens with one attached hydrogen (secondary N) is 2. The predicted octanol–water partition coefficient (Wildman–Crippen LogP) is 5.03. The van der Waals surface area contributed by atoms with Crippen LogP contribution in [-0.2, 0) is 23.1 Å². The molecule has 4 aromatic rings. The third kappa shape index (κ3) is 5.45. The molecule has 8 nitrogen and oxygen atoms in total. The number of aromatic nitrogens is 1. The summed E-state index contributed by atoms with van der Waals surface area (Å²) >= 11 is 4.91. The lowest BCUT2D eigenvalue weighted by Crippen LogP contribution is -2.47. The Balaban J connectivity index is 1.33. The molecule has 0 spiro atoms.